The summed E-state index contributed by atoms with van der Waals surface area (Å²) in [5.74, 6) is 0.798. The molecule has 0 aliphatic heterocycles. The Morgan fingerprint density at radius 2 is 2.06 bits per heavy atom. The third-order valence-corrected chi connectivity index (χ3v) is 2.76. The average molecular weight is 240 g/mol. The second-order valence-corrected chi connectivity index (χ2v) is 3.90. The number of hydrogen-bond donors (Lipinski definition) is 2. The molecule has 6 heteroatoms. The predicted molar refractivity (Wildman–Crippen MR) is 68.0 cm³/mol. The molecule has 3 heterocycles. The van der Waals surface area contributed by atoms with Crippen LogP contribution in [-0.2, 0) is 6.54 Å². The highest BCUT2D eigenvalue weighted by Crippen LogP contribution is 2.17. The molecule has 18 heavy (non-hydrogen) atoms. The van der Waals surface area contributed by atoms with E-state index in [0.717, 1.165) is 28.2 Å². The number of H-pyrrole nitrogens is 1. The van der Waals surface area contributed by atoms with E-state index in [4.69, 9.17) is 0 Å². The number of hydrogen-bond acceptors (Lipinski definition) is 5. The van der Waals surface area contributed by atoms with Crippen molar-refractivity contribution in [3.8, 4) is 0 Å². The third-order valence-electron chi connectivity index (χ3n) is 2.76. The van der Waals surface area contributed by atoms with Crippen molar-refractivity contribution in [2.75, 3.05) is 5.32 Å². The van der Waals surface area contributed by atoms with Gasteiger partial charge in [-0.05, 0) is 13.0 Å². The monoisotopic (exact) mass is 240 g/mol. The molecular weight excluding hydrogens is 228 g/mol. The van der Waals surface area contributed by atoms with Crippen molar-refractivity contribution < 1.29 is 0 Å². The Balaban J connectivity index is 1.85. The molecule has 0 unspecified atom stereocenters. The number of aryl methyl sites for hydroxylation is 1. The van der Waals surface area contributed by atoms with E-state index in [1.165, 1.54) is 6.33 Å². The summed E-state index contributed by atoms with van der Waals surface area (Å²) in [6, 6.07) is 1.95. The molecule has 0 aliphatic rings. The van der Waals surface area contributed by atoms with E-state index in [9.17, 15) is 0 Å². The minimum atomic E-state index is 0.594. The Hall–Kier alpha value is -2.50. The number of fused-ring (bicyclic) bond motifs is 1. The number of aromatic amines is 1. The van der Waals surface area contributed by atoms with Gasteiger partial charge >= 0.3 is 0 Å². The molecule has 0 bridgehead atoms. The van der Waals surface area contributed by atoms with Gasteiger partial charge in [-0.25, -0.2) is 9.97 Å². The smallest absolute Gasteiger partial charge is 0.142 e. The molecule has 0 spiro atoms. The normalized spacial score (nSPS) is 10.7. The zero-order chi connectivity index (χ0) is 12.4. The van der Waals surface area contributed by atoms with Crippen LogP contribution in [0.15, 0.2) is 31.0 Å². The first-order chi connectivity index (χ1) is 8.84. The van der Waals surface area contributed by atoms with Crippen LogP contribution in [0.1, 0.15) is 11.4 Å². The van der Waals surface area contributed by atoms with Gasteiger partial charge in [-0.15, -0.1) is 0 Å². The van der Waals surface area contributed by atoms with E-state index in [-0.39, 0.29) is 0 Å². The van der Waals surface area contributed by atoms with Crippen molar-refractivity contribution in [2.24, 2.45) is 0 Å². The van der Waals surface area contributed by atoms with E-state index in [1.807, 2.05) is 19.2 Å². The summed E-state index contributed by atoms with van der Waals surface area (Å²) in [7, 11) is 0. The van der Waals surface area contributed by atoms with Crippen LogP contribution in [0.2, 0.25) is 0 Å². The van der Waals surface area contributed by atoms with Crippen molar-refractivity contribution in [2.45, 2.75) is 13.5 Å². The van der Waals surface area contributed by atoms with Crippen LogP contribution in [0.4, 0.5) is 5.82 Å². The Labute approximate surface area is 104 Å². The largest absolute Gasteiger partial charge is 0.364 e. The van der Waals surface area contributed by atoms with Crippen LogP contribution < -0.4 is 5.32 Å². The molecule has 0 saturated heterocycles. The topological polar surface area (TPSA) is 79.4 Å². The van der Waals surface area contributed by atoms with Crippen LogP contribution in [0.5, 0.6) is 0 Å². The molecule has 0 fully saturated rings. The molecule has 0 atom stereocenters. The molecule has 6 nitrogen and oxygen atoms in total. The van der Waals surface area contributed by atoms with Gasteiger partial charge in [-0.3, -0.25) is 9.97 Å². The first-order valence-corrected chi connectivity index (χ1v) is 5.63. The summed E-state index contributed by atoms with van der Waals surface area (Å²) in [6.07, 6.45) is 6.76. The van der Waals surface area contributed by atoms with Gasteiger partial charge in [0.15, 0.2) is 0 Å². The van der Waals surface area contributed by atoms with Crippen LogP contribution >= 0.6 is 0 Å². The van der Waals surface area contributed by atoms with Gasteiger partial charge < -0.3 is 10.3 Å². The molecule has 0 aliphatic carbocycles. The molecule has 3 aromatic heterocycles. The van der Waals surface area contributed by atoms with E-state index in [2.05, 4.69) is 30.2 Å². The quantitative estimate of drug-likeness (QED) is 0.728. The summed E-state index contributed by atoms with van der Waals surface area (Å²) in [6.45, 7) is 2.53. The summed E-state index contributed by atoms with van der Waals surface area (Å²) >= 11 is 0. The Kier molecular flexibility index (Phi) is 2.60. The zero-order valence-electron chi connectivity index (χ0n) is 9.88. The molecule has 2 N–H and O–H groups in total. The lowest BCUT2D eigenvalue weighted by atomic mass is 10.3. The van der Waals surface area contributed by atoms with Gasteiger partial charge in [-0.1, -0.05) is 0 Å². The Bertz CT molecular complexity index is 675. The Morgan fingerprint density at radius 1 is 1.17 bits per heavy atom. The first-order valence-electron chi connectivity index (χ1n) is 5.63. The molecule has 3 rings (SSSR count). The van der Waals surface area contributed by atoms with Crippen molar-refractivity contribution in [1.82, 2.24) is 24.9 Å². The fourth-order valence-electron chi connectivity index (χ4n) is 1.79. The standard InChI is InChI=1S/C12H12N6/c1-8-10(14-5-4-13-8)6-16-12-9-2-3-15-11(9)17-7-18-12/h2-5,7H,6H2,1H3,(H2,15,16,17,18). The average Bonchev–Trinajstić information content (AvgIpc) is 2.86. The van der Waals surface area contributed by atoms with Gasteiger partial charge in [0.1, 0.15) is 17.8 Å². The SMILES string of the molecule is Cc1nccnc1CNc1ncnc2[nH]ccc12. The van der Waals surface area contributed by atoms with Gasteiger partial charge in [-0.2, -0.15) is 0 Å². The van der Waals surface area contributed by atoms with Crippen LogP contribution in [-0.4, -0.2) is 24.9 Å². The first kappa shape index (κ1) is 10.6. The van der Waals surface area contributed by atoms with E-state index < -0.39 is 0 Å². The molecule has 0 radical (unpaired) electrons. The van der Waals surface area contributed by atoms with Gasteiger partial charge in [0.2, 0.25) is 0 Å². The summed E-state index contributed by atoms with van der Waals surface area (Å²) in [4.78, 5) is 19.9. The second kappa shape index (κ2) is 4.40. The van der Waals surface area contributed by atoms with Crippen molar-refractivity contribution in [3.05, 3.63) is 42.4 Å². The van der Waals surface area contributed by atoms with E-state index in [0.29, 0.717) is 6.54 Å². The van der Waals surface area contributed by atoms with Crippen LogP contribution in [0.3, 0.4) is 0 Å². The lowest BCUT2D eigenvalue weighted by molar-refractivity contribution is 0.958. The van der Waals surface area contributed by atoms with Gasteiger partial charge in [0, 0.05) is 18.6 Å². The maximum absolute atomic E-state index is 4.28. The molecule has 90 valence electrons. The van der Waals surface area contributed by atoms with E-state index >= 15 is 0 Å². The number of nitrogens with zero attached hydrogens (tertiary/aromatic N) is 4. The summed E-state index contributed by atoms with van der Waals surface area (Å²) in [5.41, 5.74) is 2.66. The fourth-order valence-corrected chi connectivity index (χ4v) is 1.79. The zero-order valence-corrected chi connectivity index (χ0v) is 9.88. The number of aromatic nitrogens is 5. The van der Waals surface area contributed by atoms with Crippen molar-refractivity contribution >= 4 is 16.9 Å². The highest BCUT2D eigenvalue weighted by molar-refractivity contribution is 5.86. The predicted octanol–water partition coefficient (Wildman–Crippen LogP) is 1.67. The molecular formula is C12H12N6. The second-order valence-electron chi connectivity index (χ2n) is 3.90. The van der Waals surface area contributed by atoms with Crippen LogP contribution in [0, 0.1) is 6.92 Å². The van der Waals surface area contributed by atoms with Gasteiger partial charge in [0.05, 0.1) is 23.3 Å². The number of rotatable bonds is 3. The third kappa shape index (κ3) is 1.88. The Morgan fingerprint density at radius 3 is 2.94 bits per heavy atom. The highest BCUT2D eigenvalue weighted by Gasteiger charge is 2.05. The van der Waals surface area contributed by atoms with E-state index in [1.54, 1.807) is 12.4 Å². The molecule has 0 amide bonds. The minimum absolute atomic E-state index is 0.594. The summed E-state index contributed by atoms with van der Waals surface area (Å²) in [5, 5.41) is 4.23. The maximum Gasteiger partial charge on any atom is 0.142 e. The number of anilines is 1. The molecule has 0 saturated carbocycles. The maximum atomic E-state index is 4.28. The highest BCUT2D eigenvalue weighted by atomic mass is 15.0. The lowest BCUT2D eigenvalue weighted by Crippen LogP contribution is -2.06. The number of nitrogens with one attached hydrogen (secondary N) is 2. The minimum Gasteiger partial charge on any atom is -0.364 e. The lowest BCUT2D eigenvalue weighted by Gasteiger charge is -2.07. The summed E-state index contributed by atoms with van der Waals surface area (Å²) < 4.78 is 0. The molecule has 3 aromatic rings. The fraction of sp³-hybridized carbons (Fsp3) is 0.167. The van der Waals surface area contributed by atoms with Gasteiger partial charge in [0.25, 0.3) is 0 Å². The van der Waals surface area contributed by atoms with Crippen LogP contribution in [0.25, 0.3) is 11.0 Å². The van der Waals surface area contributed by atoms with Crippen molar-refractivity contribution in [3.63, 3.8) is 0 Å². The molecule has 0 aromatic carbocycles. The van der Waals surface area contributed by atoms with Crippen molar-refractivity contribution in [1.29, 1.82) is 0 Å².